The maximum atomic E-state index is 12.9. The fourth-order valence-electron chi connectivity index (χ4n) is 1.12. The van der Waals surface area contributed by atoms with Crippen LogP contribution in [0.15, 0.2) is 23.1 Å². The molecule has 0 spiro atoms. The van der Waals surface area contributed by atoms with Gasteiger partial charge >= 0.3 is 11.4 Å². The molecule has 18 heavy (non-hydrogen) atoms. The number of anilines is 1. The van der Waals surface area contributed by atoms with Crippen molar-refractivity contribution in [2.75, 3.05) is 5.73 Å². The third-order valence-electron chi connectivity index (χ3n) is 2.22. The van der Waals surface area contributed by atoms with Crippen LogP contribution in [0, 0.1) is 6.92 Å². The predicted molar refractivity (Wildman–Crippen MR) is 53.8 cm³/mol. The van der Waals surface area contributed by atoms with E-state index in [4.69, 9.17) is 5.73 Å². The number of halogens is 5. The summed E-state index contributed by atoms with van der Waals surface area (Å²) in [5.41, 5.74) is 5.50. The van der Waals surface area contributed by atoms with Gasteiger partial charge in [-0.05, 0) is 30.7 Å². The van der Waals surface area contributed by atoms with Gasteiger partial charge in [0.15, 0.2) is 0 Å². The molecule has 0 heterocycles. The predicted octanol–water partition coefficient (Wildman–Crippen LogP) is 2.51. The number of alkyl halides is 5. The van der Waals surface area contributed by atoms with Crippen LogP contribution in [-0.2, 0) is 9.84 Å². The Labute approximate surface area is 99.3 Å². The van der Waals surface area contributed by atoms with Gasteiger partial charge in [-0.25, -0.2) is 8.42 Å². The highest BCUT2D eigenvalue weighted by molar-refractivity contribution is 7.92. The zero-order chi connectivity index (χ0) is 14.4. The fraction of sp³-hybridized carbons (Fsp3) is 0.333. The highest BCUT2D eigenvalue weighted by atomic mass is 32.2. The highest BCUT2D eigenvalue weighted by Crippen LogP contribution is 2.43. The first-order valence-electron chi connectivity index (χ1n) is 4.46. The van der Waals surface area contributed by atoms with E-state index in [1.165, 1.54) is 6.92 Å². The molecule has 0 unspecified atom stereocenters. The van der Waals surface area contributed by atoms with Crippen molar-refractivity contribution in [3.05, 3.63) is 23.8 Å². The first-order chi connectivity index (χ1) is 7.91. The van der Waals surface area contributed by atoms with E-state index in [0.29, 0.717) is 12.1 Å². The molecule has 1 aromatic rings. The Bertz CT molecular complexity index is 565. The van der Waals surface area contributed by atoms with Crippen molar-refractivity contribution in [1.82, 2.24) is 0 Å². The molecule has 9 heteroatoms. The van der Waals surface area contributed by atoms with E-state index in [9.17, 15) is 30.4 Å². The minimum Gasteiger partial charge on any atom is -0.399 e. The van der Waals surface area contributed by atoms with Gasteiger partial charge in [0, 0.05) is 5.69 Å². The van der Waals surface area contributed by atoms with Crippen molar-refractivity contribution in [2.24, 2.45) is 0 Å². The van der Waals surface area contributed by atoms with E-state index in [2.05, 4.69) is 0 Å². The van der Waals surface area contributed by atoms with Crippen molar-refractivity contribution in [1.29, 1.82) is 0 Å². The van der Waals surface area contributed by atoms with Gasteiger partial charge in [0.1, 0.15) is 0 Å². The Morgan fingerprint density at radius 1 is 1.11 bits per heavy atom. The number of hydrogen-bond donors (Lipinski definition) is 1. The SMILES string of the molecule is Cc1cc(S(=O)(=O)C(F)(F)C(F)(F)F)ccc1N. The molecule has 2 N–H and O–H groups in total. The second kappa shape index (κ2) is 4.08. The van der Waals surface area contributed by atoms with Crippen molar-refractivity contribution in [2.45, 2.75) is 23.3 Å². The highest BCUT2D eigenvalue weighted by Gasteiger charge is 2.67. The molecule has 1 aromatic carbocycles. The van der Waals surface area contributed by atoms with E-state index in [1.807, 2.05) is 0 Å². The quantitative estimate of drug-likeness (QED) is 0.672. The van der Waals surface area contributed by atoms with Gasteiger partial charge in [0.05, 0.1) is 4.90 Å². The lowest BCUT2D eigenvalue weighted by molar-refractivity contribution is -0.241. The lowest BCUT2D eigenvalue weighted by Gasteiger charge is -2.20. The van der Waals surface area contributed by atoms with E-state index >= 15 is 0 Å². The Balaban J connectivity index is 3.43. The Kier molecular flexibility index (Phi) is 3.32. The molecule has 0 fully saturated rings. The Hall–Kier alpha value is -1.38. The molecule has 0 amide bonds. The minimum atomic E-state index is -6.18. The maximum Gasteiger partial charge on any atom is 0.469 e. The number of rotatable bonds is 2. The molecule has 0 aliphatic heterocycles. The summed E-state index contributed by atoms with van der Waals surface area (Å²) in [7, 11) is -5.85. The van der Waals surface area contributed by atoms with Gasteiger partial charge in [-0.1, -0.05) is 0 Å². The summed E-state index contributed by atoms with van der Waals surface area (Å²) >= 11 is 0. The molecule has 102 valence electrons. The molecular weight excluding hydrogens is 281 g/mol. The summed E-state index contributed by atoms with van der Waals surface area (Å²) in [6.45, 7) is 1.29. The van der Waals surface area contributed by atoms with Gasteiger partial charge in [-0.15, -0.1) is 0 Å². The van der Waals surface area contributed by atoms with Crippen LogP contribution in [0.3, 0.4) is 0 Å². The molecule has 0 atom stereocenters. The lowest BCUT2D eigenvalue weighted by Crippen LogP contribution is -2.43. The minimum absolute atomic E-state index is 0.0873. The van der Waals surface area contributed by atoms with Crippen LogP contribution >= 0.6 is 0 Å². The first-order valence-corrected chi connectivity index (χ1v) is 5.95. The zero-order valence-electron chi connectivity index (χ0n) is 8.92. The summed E-state index contributed by atoms with van der Waals surface area (Å²) < 4.78 is 84.4. The summed E-state index contributed by atoms with van der Waals surface area (Å²) in [5.74, 6) is 0. The van der Waals surface area contributed by atoms with Gasteiger partial charge in [-0.3, -0.25) is 0 Å². The molecular formula is C9H8F5NO2S. The third-order valence-corrected chi connectivity index (χ3v) is 4.00. The van der Waals surface area contributed by atoms with Crippen molar-refractivity contribution in [3.8, 4) is 0 Å². The van der Waals surface area contributed by atoms with Crippen molar-refractivity contribution < 1.29 is 30.4 Å². The second-order valence-electron chi connectivity index (χ2n) is 3.54. The smallest absolute Gasteiger partial charge is 0.399 e. The van der Waals surface area contributed by atoms with Crippen LogP contribution in [0.5, 0.6) is 0 Å². The molecule has 0 aromatic heterocycles. The van der Waals surface area contributed by atoms with Gasteiger partial charge in [-0.2, -0.15) is 22.0 Å². The Morgan fingerprint density at radius 3 is 2.00 bits per heavy atom. The molecule has 0 aliphatic rings. The number of benzene rings is 1. The molecule has 0 saturated heterocycles. The van der Waals surface area contributed by atoms with E-state index in [0.717, 1.165) is 6.07 Å². The van der Waals surface area contributed by atoms with E-state index in [-0.39, 0.29) is 11.3 Å². The number of nitrogens with two attached hydrogens (primary N) is 1. The van der Waals surface area contributed by atoms with Gasteiger partial charge < -0.3 is 5.73 Å². The number of nitrogen functional groups attached to an aromatic ring is 1. The normalized spacial score (nSPS) is 13.7. The number of aryl methyl sites for hydroxylation is 1. The van der Waals surface area contributed by atoms with Crippen molar-refractivity contribution >= 4 is 15.5 Å². The number of hydrogen-bond acceptors (Lipinski definition) is 3. The molecule has 0 bridgehead atoms. The summed E-state index contributed by atoms with van der Waals surface area (Å²) in [4.78, 5) is -1.13. The second-order valence-corrected chi connectivity index (χ2v) is 5.53. The van der Waals surface area contributed by atoms with Crippen LogP contribution in [0.25, 0.3) is 0 Å². The monoisotopic (exact) mass is 289 g/mol. The number of sulfone groups is 1. The summed E-state index contributed by atoms with van der Waals surface area (Å²) in [5, 5.41) is -5.84. The Morgan fingerprint density at radius 2 is 1.61 bits per heavy atom. The van der Waals surface area contributed by atoms with Gasteiger partial charge in [0.2, 0.25) is 0 Å². The maximum absolute atomic E-state index is 12.9. The van der Waals surface area contributed by atoms with E-state index < -0.39 is 26.2 Å². The van der Waals surface area contributed by atoms with E-state index in [1.54, 1.807) is 0 Å². The largest absolute Gasteiger partial charge is 0.469 e. The van der Waals surface area contributed by atoms with Crippen LogP contribution in [0.2, 0.25) is 0 Å². The standard InChI is InChI=1S/C9H8F5NO2S/c1-5-4-6(2-3-7(5)15)18(16,17)9(13,14)8(10,11)12/h2-4H,15H2,1H3. The van der Waals surface area contributed by atoms with Crippen molar-refractivity contribution in [3.63, 3.8) is 0 Å². The van der Waals surface area contributed by atoms with Crippen LogP contribution < -0.4 is 5.73 Å². The molecule has 0 radical (unpaired) electrons. The fourth-order valence-corrected chi connectivity index (χ4v) is 2.30. The molecule has 3 nitrogen and oxygen atoms in total. The zero-order valence-corrected chi connectivity index (χ0v) is 9.74. The average Bonchev–Trinajstić information content (AvgIpc) is 2.20. The first kappa shape index (κ1) is 14.7. The van der Waals surface area contributed by atoms with Gasteiger partial charge in [0.25, 0.3) is 9.84 Å². The third kappa shape index (κ3) is 2.14. The summed E-state index contributed by atoms with van der Waals surface area (Å²) in [6.07, 6.45) is -6.18. The van der Waals surface area contributed by atoms with Crippen LogP contribution in [-0.4, -0.2) is 19.8 Å². The van der Waals surface area contributed by atoms with Crippen LogP contribution in [0.1, 0.15) is 5.56 Å². The average molecular weight is 289 g/mol. The molecule has 0 aliphatic carbocycles. The topological polar surface area (TPSA) is 60.2 Å². The summed E-state index contributed by atoms with van der Waals surface area (Å²) in [6, 6.07) is 2.23. The molecule has 0 saturated carbocycles. The molecule has 1 rings (SSSR count). The van der Waals surface area contributed by atoms with Crippen LogP contribution in [0.4, 0.5) is 27.6 Å². The lowest BCUT2D eigenvalue weighted by atomic mass is 10.2.